The SMILES string of the molecule is CCCc1ccc(NC(N)=S)cc1. The molecule has 0 radical (unpaired) electrons. The van der Waals surface area contributed by atoms with Crippen molar-refractivity contribution in [2.45, 2.75) is 19.8 Å². The van der Waals surface area contributed by atoms with Gasteiger partial charge in [0, 0.05) is 5.69 Å². The second-order valence-electron chi connectivity index (χ2n) is 2.94. The number of nitrogens with two attached hydrogens (primary N) is 1. The lowest BCUT2D eigenvalue weighted by molar-refractivity contribution is 0.922. The van der Waals surface area contributed by atoms with Gasteiger partial charge in [-0.25, -0.2) is 0 Å². The van der Waals surface area contributed by atoms with Gasteiger partial charge in [-0.15, -0.1) is 0 Å². The Hall–Kier alpha value is -1.09. The number of hydrogen-bond donors (Lipinski definition) is 2. The van der Waals surface area contributed by atoms with Crippen molar-refractivity contribution in [1.29, 1.82) is 0 Å². The first-order valence-corrected chi connectivity index (χ1v) is 4.78. The third-order valence-electron chi connectivity index (χ3n) is 1.76. The summed E-state index contributed by atoms with van der Waals surface area (Å²) in [5.41, 5.74) is 7.64. The molecule has 0 aliphatic carbocycles. The van der Waals surface area contributed by atoms with E-state index in [1.165, 1.54) is 12.0 Å². The maximum atomic E-state index is 5.34. The molecule has 0 bridgehead atoms. The summed E-state index contributed by atoms with van der Waals surface area (Å²) in [6.45, 7) is 2.17. The monoisotopic (exact) mass is 194 g/mol. The van der Waals surface area contributed by atoms with E-state index in [1.807, 2.05) is 12.1 Å². The smallest absolute Gasteiger partial charge is 0.168 e. The van der Waals surface area contributed by atoms with Gasteiger partial charge in [0.1, 0.15) is 0 Å². The highest BCUT2D eigenvalue weighted by Gasteiger charge is 1.93. The second-order valence-corrected chi connectivity index (χ2v) is 3.38. The lowest BCUT2D eigenvalue weighted by Crippen LogP contribution is -2.18. The van der Waals surface area contributed by atoms with E-state index in [4.69, 9.17) is 18.0 Å². The minimum absolute atomic E-state index is 0.309. The van der Waals surface area contributed by atoms with Gasteiger partial charge in [-0.1, -0.05) is 25.5 Å². The summed E-state index contributed by atoms with van der Waals surface area (Å²) in [7, 11) is 0. The second kappa shape index (κ2) is 4.82. The van der Waals surface area contributed by atoms with Crippen LogP contribution in [0, 0.1) is 0 Å². The van der Waals surface area contributed by atoms with Crippen molar-refractivity contribution in [2.24, 2.45) is 5.73 Å². The molecule has 70 valence electrons. The molecule has 0 aliphatic rings. The fourth-order valence-corrected chi connectivity index (χ4v) is 1.30. The van der Waals surface area contributed by atoms with Crippen molar-refractivity contribution in [1.82, 2.24) is 0 Å². The van der Waals surface area contributed by atoms with E-state index in [0.717, 1.165) is 12.1 Å². The highest BCUT2D eigenvalue weighted by Crippen LogP contribution is 2.10. The van der Waals surface area contributed by atoms with Gasteiger partial charge in [-0.2, -0.15) is 0 Å². The molecule has 0 saturated heterocycles. The Morgan fingerprint density at radius 2 is 2.00 bits per heavy atom. The van der Waals surface area contributed by atoms with Crippen LogP contribution in [-0.4, -0.2) is 5.11 Å². The van der Waals surface area contributed by atoms with Crippen molar-refractivity contribution in [2.75, 3.05) is 5.32 Å². The third kappa shape index (κ3) is 3.42. The van der Waals surface area contributed by atoms with Crippen LogP contribution >= 0.6 is 12.2 Å². The number of anilines is 1. The van der Waals surface area contributed by atoms with Crippen LogP contribution in [0.5, 0.6) is 0 Å². The first-order valence-electron chi connectivity index (χ1n) is 4.37. The maximum Gasteiger partial charge on any atom is 0.168 e. The van der Waals surface area contributed by atoms with Crippen LogP contribution in [0.4, 0.5) is 5.69 Å². The van der Waals surface area contributed by atoms with Crippen LogP contribution in [0.15, 0.2) is 24.3 Å². The average molecular weight is 194 g/mol. The Bertz CT molecular complexity index is 279. The predicted molar refractivity (Wildman–Crippen MR) is 60.8 cm³/mol. The molecule has 2 nitrogen and oxygen atoms in total. The molecule has 0 saturated carbocycles. The summed E-state index contributed by atoms with van der Waals surface area (Å²) in [4.78, 5) is 0. The van der Waals surface area contributed by atoms with Crippen molar-refractivity contribution >= 4 is 23.0 Å². The summed E-state index contributed by atoms with van der Waals surface area (Å²) in [5.74, 6) is 0. The fraction of sp³-hybridized carbons (Fsp3) is 0.300. The normalized spacial score (nSPS) is 9.62. The Labute approximate surface area is 84.1 Å². The zero-order valence-corrected chi connectivity index (χ0v) is 8.53. The minimum atomic E-state index is 0.309. The van der Waals surface area contributed by atoms with Gasteiger partial charge in [0.05, 0.1) is 0 Å². The van der Waals surface area contributed by atoms with Gasteiger partial charge < -0.3 is 11.1 Å². The van der Waals surface area contributed by atoms with Gasteiger partial charge in [0.25, 0.3) is 0 Å². The molecule has 13 heavy (non-hydrogen) atoms. The van der Waals surface area contributed by atoms with Gasteiger partial charge in [-0.3, -0.25) is 0 Å². The third-order valence-corrected chi connectivity index (χ3v) is 1.86. The zero-order chi connectivity index (χ0) is 9.68. The summed E-state index contributed by atoms with van der Waals surface area (Å²) in [5, 5.41) is 3.19. The Balaban J connectivity index is 2.64. The first-order chi connectivity index (χ1) is 6.22. The average Bonchev–Trinajstić information content (AvgIpc) is 2.08. The number of thiocarbonyl (C=S) groups is 1. The van der Waals surface area contributed by atoms with Crippen molar-refractivity contribution in [3.8, 4) is 0 Å². The molecule has 0 unspecified atom stereocenters. The van der Waals surface area contributed by atoms with Crippen LogP contribution in [0.3, 0.4) is 0 Å². The standard InChI is InChI=1S/C10H14N2S/c1-2-3-8-4-6-9(7-5-8)12-10(11)13/h4-7H,2-3H2,1H3,(H3,11,12,13). The molecule has 1 aromatic carbocycles. The van der Waals surface area contributed by atoms with Crippen molar-refractivity contribution in [3.05, 3.63) is 29.8 Å². The van der Waals surface area contributed by atoms with E-state index in [-0.39, 0.29) is 0 Å². The highest BCUT2D eigenvalue weighted by atomic mass is 32.1. The van der Waals surface area contributed by atoms with Crippen LogP contribution < -0.4 is 11.1 Å². The number of hydrogen-bond acceptors (Lipinski definition) is 1. The predicted octanol–water partition coefficient (Wildman–Crippen LogP) is 2.29. The van der Waals surface area contributed by atoms with E-state index < -0.39 is 0 Å². The molecule has 0 aliphatic heterocycles. The Morgan fingerprint density at radius 1 is 1.38 bits per heavy atom. The molecule has 0 amide bonds. The summed E-state index contributed by atoms with van der Waals surface area (Å²) in [6, 6.07) is 8.16. The molecule has 3 heteroatoms. The fourth-order valence-electron chi connectivity index (χ4n) is 1.19. The molecule has 3 N–H and O–H groups in total. The Morgan fingerprint density at radius 3 is 2.46 bits per heavy atom. The number of aryl methyl sites for hydroxylation is 1. The van der Waals surface area contributed by atoms with E-state index >= 15 is 0 Å². The molecule has 0 heterocycles. The maximum absolute atomic E-state index is 5.34. The van der Waals surface area contributed by atoms with Crippen molar-refractivity contribution < 1.29 is 0 Å². The molecule has 0 spiro atoms. The van der Waals surface area contributed by atoms with Crippen LogP contribution in [0.1, 0.15) is 18.9 Å². The number of nitrogens with one attached hydrogen (secondary N) is 1. The number of benzene rings is 1. The van der Waals surface area contributed by atoms with Gasteiger partial charge in [-0.05, 0) is 36.3 Å². The van der Waals surface area contributed by atoms with Crippen LogP contribution in [0.25, 0.3) is 0 Å². The minimum Gasteiger partial charge on any atom is -0.376 e. The molecule has 1 rings (SSSR count). The van der Waals surface area contributed by atoms with Gasteiger partial charge in [0.15, 0.2) is 5.11 Å². The largest absolute Gasteiger partial charge is 0.376 e. The lowest BCUT2D eigenvalue weighted by atomic mass is 10.1. The quantitative estimate of drug-likeness (QED) is 0.725. The molecular weight excluding hydrogens is 180 g/mol. The van der Waals surface area contributed by atoms with Gasteiger partial charge in [0.2, 0.25) is 0 Å². The summed E-state index contributed by atoms with van der Waals surface area (Å²) >= 11 is 4.73. The Kier molecular flexibility index (Phi) is 3.71. The van der Waals surface area contributed by atoms with Crippen molar-refractivity contribution in [3.63, 3.8) is 0 Å². The van der Waals surface area contributed by atoms with Crippen LogP contribution in [0.2, 0.25) is 0 Å². The molecular formula is C10H14N2S. The summed E-state index contributed by atoms with van der Waals surface area (Å²) < 4.78 is 0. The van der Waals surface area contributed by atoms with E-state index in [1.54, 1.807) is 0 Å². The molecule has 1 aromatic rings. The lowest BCUT2D eigenvalue weighted by Gasteiger charge is -2.04. The molecule has 0 fully saturated rings. The number of rotatable bonds is 3. The molecule has 0 aromatic heterocycles. The van der Waals surface area contributed by atoms with E-state index in [0.29, 0.717) is 5.11 Å². The van der Waals surface area contributed by atoms with E-state index in [9.17, 15) is 0 Å². The summed E-state index contributed by atoms with van der Waals surface area (Å²) in [6.07, 6.45) is 2.29. The zero-order valence-electron chi connectivity index (χ0n) is 7.71. The van der Waals surface area contributed by atoms with Gasteiger partial charge >= 0.3 is 0 Å². The molecule has 0 atom stereocenters. The first kappa shape index (κ1) is 9.99. The van der Waals surface area contributed by atoms with E-state index in [2.05, 4.69) is 24.4 Å². The highest BCUT2D eigenvalue weighted by molar-refractivity contribution is 7.80. The van der Waals surface area contributed by atoms with Crippen LogP contribution in [-0.2, 0) is 6.42 Å². The topological polar surface area (TPSA) is 38.0 Å².